The molecule has 6 heteroatoms. The summed E-state index contributed by atoms with van der Waals surface area (Å²) in [6.07, 6.45) is -0.201. The van der Waals surface area contributed by atoms with Crippen molar-refractivity contribution in [1.29, 1.82) is 0 Å². The third-order valence-electron chi connectivity index (χ3n) is 7.04. The molecule has 39 heavy (non-hydrogen) atoms. The maximum atomic E-state index is 11.7. The average molecular weight is 528 g/mol. The number of ether oxygens (including phenoxy) is 1. The summed E-state index contributed by atoms with van der Waals surface area (Å²) in [4.78, 5) is 11.7. The molecule has 0 aliphatic carbocycles. The highest BCUT2D eigenvalue weighted by Crippen LogP contribution is 2.31. The summed E-state index contributed by atoms with van der Waals surface area (Å²) < 4.78 is 6.06. The minimum absolute atomic E-state index is 0.0752. The van der Waals surface area contributed by atoms with E-state index in [0.29, 0.717) is 12.1 Å². The quantitative estimate of drug-likeness (QED) is 0.187. The Bertz CT molecular complexity index is 1430. The molecule has 4 N–H and O–H groups in total. The van der Waals surface area contributed by atoms with Crippen LogP contribution in [0.15, 0.2) is 84.9 Å². The molecule has 4 aromatic carbocycles. The van der Waals surface area contributed by atoms with Crippen LogP contribution in [0.1, 0.15) is 53.9 Å². The Morgan fingerprint density at radius 2 is 1.67 bits per heavy atom. The molecule has 0 spiro atoms. The Morgan fingerprint density at radius 3 is 2.41 bits per heavy atom. The van der Waals surface area contributed by atoms with Crippen LogP contribution in [0.25, 0.3) is 21.9 Å². The topological polar surface area (TPSA) is 99.0 Å². The number of hydrogen-bond acceptors (Lipinski definition) is 5. The monoisotopic (exact) mass is 527 g/mol. The fourth-order valence-corrected chi connectivity index (χ4v) is 4.92. The molecule has 4 aromatic rings. The van der Waals surface area contributed by atoms with Crippen LogP contribution >= 0.6 is 0 Å². The van der Waals surface area contributed by atoms with Gasteiger partial charge in [0.1, 0.15) is 0 Å². The summed E-state index contributed by atoms with van der Waals surface area (Å²) in [5.41, 5.74) is 3.93. The minimum atomic E-state index is -1.08. The lowest BCUT2D eigenvalue weighted by molar-refractivity contribution is -0.00397. The van der Waals surface area contributed by atoms with Gasteiger partial charge in [-0.25, -0.2) is 4.79 Å². The van der Waals surface area contributed by atoms with Crippen molar-refractivity contribution in [3.05, 3.63) is 107 Å². The Kier molecular flexibility index (Phi) is 9.15. The van der Waals surface area contributed by atoms with Gasteiger partial charge in [-0.1, -0.05) is 78.9 Å². The lowest BCUT2D eigenvalue weighted by atomic mass is 9.93. The number of benzene rings is 4. The first-order valence-corrected chi connectivity index (χ1v) is 13.3. The third-order valence-corrected chi connectivity index (χ3v) is 7.04. The molecule has 204 valence electrons. The van der Waals surface area contributed by atoms with Crippen molar-refractivity contribution in [3.63, 3.8) is 0 Å². The molecular formula is C33H37NO5. The predicted molar refractivity (Wildman–Crippen MR) is 155 cm³/mol. The first-order chi connectivity index (χ1) is 18.7. The number of rotatable bonds is 12. The van der Waals surface area contributed by atoms with Gasteiger partial charge in [-0.05, 0) is 71.8 Å². The van der Waals surface area contributed by atoms with E-state index in [9.17, 15) is 20.1 Å². The van der Waals surface area contributed by atoms with Gasteiger partial charge in [0.05, 0.1) is 31.0 Å². The van der Waals surface area contributed by atoms with E-state index in [1.54, 1.807) is 18.2 Å². The van der Waals surface area contributed by atoms with E-state index < -0.39 is 12.1 Å². The maximum Gasteiger partial charge on any atom is 0.336 e. The molecule has 1 unspecified atom stereocenters. The van der Waals surface area contributed by atoms with E-state index >= 15 is 0 Å². The average Bonchev–Trinajstić information content (AvgIpc) is 2.94. The van der Waals surface area contributed by atoms with Crippen LogP contribution in [0.3, 0.4) is 0 Å². The number of carbonyl (C=O) groups is 1. The number of aliphatic hydroxyl groups excluding tert-OH is 2. The normalized spacial score (nSPS) is 13.4. The smallest absolute Gasteiger partial charge is 0.336 e. The molecular weight excluding hydrogens is 490 g/mol. The van der Waals surface area contributed by atoms with Crippen molar-refractivity contribution in [2.24, 2.45) is 0 Å². The summed E-state index contributed by atoms with van der Waals surface area (Å²) in [5, 5.41) is 35.6. The molecule has 0 bridgehead atoms. The van der Waals surface area contributed by atoms with Crippen LogP contribution in [0, 0.1) is 0 Å². The van der Waals surface area contributed by atoms with Gasteiger partial charge in [-0.3, -0.25) is 0 Å². The summed E-state index contributed by atoms with van der Waals surface area (Å²) >= 11 is 0. The Balaban J connectivity index is 1.36. The van der Waals surface area contributed by atoms with Crippen LogP contribution in [0.5, 0.6) is 0 Å². The SMILES string of the molecule is CC(OC[C@H](O)CNC(C)(C)Cc1ccc2ccccc2c1)c1ccccc1-c1ccc(CO)c(C(=O)O)c1. The number of nitrogens with one attached hydrogen (secondary N) is 1. The lowest BCUT2D eigenvalue weighted by Crippen LogP contribution is -2.46. The van der Waals surface area contributed by atoms with E-state index in [0.717, 1.165) is 23.1 Å². The number of fused-ring (bicyclic) bond motifs is 1. The van der Waals surface area contributed by atoms with Crippen molar-refractivity contribution in [2.45, 2.75) is 51.5 Å². The molecule has 4 rings (SSSR count). The Labute approximate surface area is 229 Å². The number of aromatic carboxylic acids is 1. The van der Waals surface area contributed by atoms with Gasteiger partial charge in [0.25, 0.3) is 0 Å². The van der Waals surface area contributed by atoms with Crippen LogP contribution in [0.2, 0.25) is 0 Å². The molecule has 2 atom stereocenters. The molecule has 0 aliphatic rings. The van der Waals surface area contributed by atoms with Crippen molar-refractivity contribution >= 4 is 16.7 Å². The van der Waals surface area contributed by atoms with E-state index in [1.807, 2.05) is 43.3 Å². The lowest BCUT2D eigenvalue weighted by Gasteiger charge is -2.28. The Hall–Kier alpha value is -3.55. The zero-order chi connectivity index (χ0) is 28.0. The van der Waals surface area contributed by atoms with Gasteiger partial charge in [0, 0.05) is 12.1 Å². The Morgan fingerprint density at radius 1 is 0.949 bits per heavy atom. The van der Waals surface area contributed by atoms with E-state index in [1.165, 1.54) is 16.3 Å². The first-order valence-electron chi connectivity index (χ1n) is 13.3. The van der Waals surface area contributed by atoms with Gasteiger partial charge in [0.15, 0.2) is 0 Å². The largest absolute Gasteiger partial charge is 0.478 e. The first kappa shape index (κ1) is 28.5. The molecule has 0 aromatic heterocycles. The van der Waals surface area contributed by atoms with Crippen LogP contribution in [0.4, 0.5) is 0 Å². The zero-order valence-corrected chi connectivity index (χ0v) is 22.7. The third kappa shape index (κ3) is 7.31. The van der Waals surface area contributed by atoms with Gasteiger partial charge < -0.3 is 25.4 Å². The second kappa shape index (κ2) is 12.5. The number of hydrogen-bond donors (Lipinski definition) is 4. The zero-order valence-electron chi connectivity index (χ0n) is 22.7. The second-order valence-electron chi connectivity index (χ2n) is 10.7. The number of β-amino-alcohol motifs (C(OH)–C–C–N with tert-alkyl or cyclic N) is 1. The highest BCUT2D eigenvalue weighted by Gasteiger charge is 2.21. The van der Waals surface area contributed by atoms with Crippen LogP contribution < -0.4 is 5.32 Å². The van der Waals surface area contributed by atoms with Gasteiger partial charge in [-0.2, -0.15) is 0 Å². The molecule has 0 radical (unpaired) electrons. The fraction of sp³-hybridized carbons (Fsp3) is 0.303. The summed E-state index contributed by atoms with van der Waals surface area (Å²) in [6, 6.07) is 27.5. The molecule has 6 nitrogen and oxygen atoms in total. The number of carboxylic acid groups (broad SMARTS) is 1. The second-order valence-corrected chi connectivity index (χ2v) is 10.7. The highest BCUT2D eigenvalue weighted by molar-refractivity contribution is 5.91. The van der Waals surface area contributed by atoms with Gasteiger partial charge >= 0.3 is 5.97 Å². The van der Waals surface area contributed by atoms with Gasteiger partial charge in [-0.15, -0.1) is 0 Å². The number of carboxylic acids is 1. The maximum absolute atomic E-state index is 11.7. The van der Waals surface area contributed by atoms with Crippen molar-refractivity contribution < 1.29 is 24.9 Å². The number of aliphatic hydroxyl groups is 2. The molecule has 0 saturated carbocycles. The molecule has 0 fully saturated rings. The van der Waals surface area contributed by atoms with E-state index in [-0.39, 0.29) is 30.4 Å². The van der Waals surface area contributed by atoms with Crippen LogP contribution in [-0.2, 0) is 17.8 Å². The van der Waals surface area contributed by atoms with E-state index in [2.05, 4.69) is 49.5 Å². The standard InChI is InChI=1S/C33H37NO5/c1-22(29-10-6-7-11-30(29)26-14-15-27(20-35)31(17-26)32(37)38)39-21-28(36)19-34-33(2,3)18-23-12-13-24-8-4-5-9-25(24)16-23/h4-17,22,28,34-36H,18-21H2,1-3H3,(H,37,38)/t22?,28-/m1/s1. The van der Waals surface area contributed by atoms with Crippen molar-refractivity contribution in [3.8, 4) is 11.1 Å². The minimum Gasteiger partial charge on any atom is -0.478 e. The summed E-state index contributed by atoms with van der Waals surface area (Å²) in [7, 11) is 0. The molecule has 0 aliphatic heterocycles. The van der Waals surface area contributed by atoms with Crippen LogP contribution in [-0.4, -0.2) is 46.1 Å². The summed E-state index contributed by atoms with van der Waals surface area (Å²) in [6.45, 7) is 6.37. The fourth-order valence-electron chi connectivity index (χ4n) is 4.92. The summed E-state index contributed by atoms with van der Waals surface area (Å²) in [5.74, 6) is -1.08. The highest BCUT2D eigenvalue weighted by atomic mass is 16.5. The molecule has 0 heterocycles. The van der Waals surface area contributed by atoms with Crippen molar-refractivity contribution in [1.82, 2.24) is 5.32 Å². The van der Waals surface area contributed by atoms with Gasteiger partial charge in [0.2, 0.25) is 0 Å². The predicted octanol–water partition coefficient (Wildman–Crippen LogP) is 5.75. The molecule has 0 amide bonds. The van der Waals surface area contributed by atoms with E-state index in [4.69, 9.17) is 4.74 Å². The van der Waals surface area contributed by atoms with Crippen molar-refractivity contribution in [2.75, 3.05) is 13.2 Å². The molecule has 0 saturated heterocycles.